The molecule has 2 N–H and O–H groups in total. The number of sulfonamides is 1. The lowest BCUT2D eigenvalue weighted by molar-refractivity contribution is -0.115. The third-order valence-corrected chi connectivity index (χ3v) is 7.21. The molecule has 2 aromatic carbocycles. The van der Waals surface area contributed by atoms with E-state index in [-0.39, 0.29) is 39.6 Å². The summed E-state index contributed by atoms with van der Waals surface area (Å²) >= 11 is 0. The molecule has 0 spiro atoms. The lowest BCUT2D eigenvalue weighted by atomic mass is 10.1. The van der Waals surface area contributed by atoms with Crippen LogP contribution in [0.2, 0.25) is 0 Å². The summed E-state index contributed by atoms with van der Waals surface area (Å²) in [6, 6.07) is 9.13. The smallest absolute Gasteiger partial charge is 0.240 e. The Morgan fingerprint density at radius 2 is 1.89 bits per heavy atom. The van der Waals surface area contributed by atoms with Gasteiger partial charge in [-0.05, 0) is 70.6 Å². The van der Waals surface area contributed by atoms with E-state index < -0.39 is 15.8 Å². The Morgan fingerprint density at radius 1 is 1.14 bits per heavy atom. The van der Waals surface area contributed by atoms with E-state index in [0.29, 0.717) is 22.3 Å². The quantitative estimate of drug-likeness (QED) is 0.367. The fourth-order valence-electron chi connectivity index (χ4n) is 3.70. The molecule has 0 radical (unpaired) electrons. The van der Waals surface area contributed by atoms with Gasteiger partial charge >= 0.3 is 0 Å². The number of carbonyl (C=O) groups excluding carboxylic acids is 1. The van der Waals surface area contributed by atoms with E-state index in [2.05, 4.69) is 20.1 Å². The molecule has 37 heavy (non-hydrogen) atoms. The van der Waals surface area contributed by atoms with Crippen LogP contribution in [0.3, 0.4) is 0 Å². The molecule has 1 amide bonds. The first kappa shape index (κ1) is 26.2. The molecule has 4 rings (SSSR count). The number of rotatable bonds is 7. The maximum absolute atomic E-state index is 15.2. The Bertz CT molecular complexity index is 1590. The van der Waals surface area contributed by atoms with Crippen LogP contribution in [-0.2, 0) is 26.8 Å². The minimum absolute atomic E-state index is 0.0534. The van der Waals surface area contributed by atoms with Gasteiger partial charge < -0.3 is 10.1 Å². The van der Waals surface area contributed by atoms with Crippen molar-refractivity contribution in [2.24, 2.45) is 0 Å². The van der Waals surface area contributed by atoms with Crippen LogP contribution in [0.25, 0.3) is 10.9 Å². The Labute approximate surface area is 214 Å². The zero-order chi connectivity index (χ0) is 27.0. The second-order valence-corrected chi connectivity index (χ2v) is 11.4. The summed E-state index contributed by atoms with van der Waals surface area (Å²) < 4.78 is 49.7. The Balaban J connectivity index is 1.56. The van der Waals surface area contributed by atoms with Crippen LogP contribution in [0.4, 0.5) is 10.1 Å². The highest BCUT2D eigenvalue weighted by Gasteiger charge is 2.19. The number of pyridine rings is 1. The molecule has 0 saturated heterocycles. The molecule has 0 aliphatic carbocycles. The number of aromatic nitrogens is 3. The average molecular weight is 526 g/mol. The Hall–Kier alpha value is -3.83. The highest BCUT2D eigenvalue weighted by atomic mass is 32.2. The topological polar surface area (TPSA) is 115 Å². The fourth-order valence-corrected chi connectivity index (χ4v) is 4.45. The van der Waals surface area contributed by atoms with Crippen molar-refractivity contribution in [1.82, 2.24) is 19.5 Å². The SMILES string of the molecule is CNS(=O)(=O)c1ccc2nccc(Oc3ccc(CC(=O)Nc4cnn(C(C)(C)C)c4)c(F)c3C)c2c1. The van der Waals surface area contributed by atoms with Crippen molar-refractivity contribution < 1.29 is 22.3 Å². The van der Waals surface area contributed by atoms with E-state index >= 15 is 4.39 Å². The molecule has 0 aliphatic heterocycles. The number of hydrogen-bond donors (Lipinski definition) is 2. The van der Waals surface area contributed by atoms with Gasteiger partial charge in [-0.2, -0.15) is 5.10 Å². The van der Waals surface area contributed by atoms with Gasteiger partial charge in [-0.1, -0.05) is 6.07 Å². The van der Waals surface area contributed by atoms with Crippen LogP contribution in [-0.4, -0.2) is 36.1 Å². The molecule has 194 valence electrons. The van der Waals surface area contributed by atoms with Gasteiger partial charge in [0.15, 0.2) is 0 Å². The molecular formula is C26H28FN5O4S. The Kier molecular flexibility index (Phi) is 7.03. The van der Waals surface area contributed by atoms with Gasteiger partial charge in [0.2, 0.25) is 15.9 Å². The van der Waals surface area contributed by atoms with Gasteiger partial charge in [0, 0.05) is 23.3 Å². The largest absolute Gasteiger partial charge is 0.456 e. The summed E-state index contributed by atoms with van der Waals surface area (Å²) in [6.45, 7) is 7.53. The molecule has 0 unspecified atom stereocenters. The van der Waals surface area contributed by atoms with Crippen LogP contribution in [0.1, 0.15) is 31.9 Å². The van der Waals surface area contributed by atoms with E-state index in [4.69, 9.17) is 4.74 Å². The summed E-state index contributed by atoms with van der Waals surface area (Å²) in [5.41, 5.74) is 1.25. The highest BCUT2D eigenvalue weighted by Crippen LogP contribution is 2.33. The first-order valence-electron chi connectivity index (χ1n) is 11.5. The number of anilines is 1. The summed E-state index contributed by atoms with van der Waals surface area (Å²) in [4.78, 5) is 16.9. The zero-order valence-electron chi connectivity index (χ0n) is 21.2. The van der Waals surface area contributed by atoms with E-state index in [9.17, 15) is 13.2 Å². The van der Waals surface area contributed by atoms with E-state index in [1.807, 2.05) is 20.8 Å². The first-order valence-corrected chi connectivity index (χ1v) is 13.0. The van der Waals surface area contributed by atoms with Crippen molar-refractivity contribution in [2.75, 3.05) is 12.4 Å². The van der Waals surface area contributed by atoms with Crippen molar-refractivity contribution >= 4 is 32.5 Å². The summed E-state index contributed by atoms with van der Waals surface area (Å²) in [5, 5.41) is 7.45. The number of ether oxygens (including phenoxy) is 1. The van der Waals surface area contributed by atoms with Crippen molar-refractivity contribution in [1.29, 1.82) is 0 Å². The first-order chi connectivity index (χ1) is 17.4. The molecule has 0 atom stereocenters. The number of halogens is 1. The lowest BCUT2D eigenvalue weighted by Crippen LogP contribution is -2.22. The van der Waals surface area contributed by atoms with Crippen LogP contribution < -0.4 is 14.8 Å². The lowest BCUT2D eigenvalue weighted by Gasteiger charge is -2.18. The second kappa shape index (κ2) is 9.91. The summed E-state index contributed by atoms with van der Waals surface area (Å²) in [6.07, 6.45) is 4.63. The van der Waals surface area contributed by atoms with Gasteiger partial charge in [-0.3, -0.25) is 14.5 Å². The van der Waals surface area contributed by atoms with Crippen LogP contribution >= 0.6 is 0 Å². The number of fused-ring (bicyclic) bond motifs is 1. The maximum Gasteiger partial charge on any atom is 0.240 e. The highest BCUT2D eigenvalue weighted by molar-refractivity contribution is 7.89. The predicted octanol–water partition coefficient (Wildman–Crippen LogP) is 4.52. The molecule has 0 bridgehead atoms. The molecule has 11 heteroatoms. The third kappa shape index (κ3) is 5.62. The zero-order valence-corrected chi connectivity index (χ0v) is 22.0. The number of amides is 1. The Morgan fingerprint density at radius 3 is 2.57 bits per heavy atom. The van der Waals surface area contributed by atoms with Crippen molar-refractivity contribution in [3.63, 3.8) is 0 Å². The molecule has 2 heterocycles. The number of carbonyl (C=O) groups is 1. The fraction of sp³-hybridized carbons (Fsp3) is 0.269. The van der Waals surface area contributed by atoms with Crippen molar-refractivity contribution in [3.8, 4) is 11.5 Å². The molecule has 4 aromatic rings. The number of nitrogens with zero attached hydrogens (tertiary/aromatic N) is 3. The van der Waals surface area contributed by atoms with Crippen molar-refractivity contribution in [2.45, 2.75) is 44.6 Å². The molecular weight excluding hydrogens is 497 g/mol. The minimum Gasteiger partial charge on any atom is -0.456 e. The number of benzene rings is 2. The van der Waals surface area contributed by atoms with Crippen LogP contribution in [0, 0.1) is 12.7 Å². The van der Waals surface area contributed by atoms with Gasteiger partial charge in [-0.25, -0.2) is 17.5 Å². The minimum atomic E-state index is -3.68. The van der Waals surface area contributed by atoms with Gasteiger partial charge in [-0.15, -0.1) is 0 Å². The molecule has 0 fully saturated rings. The number of hydrogen-bond acceptors (Lipinski definition) is 6. The molecule has 2 aromatic heterocycles. The monoisotopic (exact) mass is 525 g/mol. The summed E-state index contributed by atoms with van der Waals surface area (Å²) in [7, 11) is -2.35. The average Bonchev–Trinajstić information content (AvgIpc) is 3.32. The molecule has 9 nitrogen and oxygen atoms in total. The van der Waals surface area contributed by atoms with Gasteiger partial charge in [0.05, 0.1) is 34.3 Å². The van der Waals surface area contributed by atoms with Gasteiger partial charge in [0.25, 0.3) is 0 Å². The maximum atomic E-state index is 15.2. The third-order valence-electron chi connectivity index (χ3n) is 5.79. The molecule has 0 saturated carbocycles. The predicted molar refractivity (Wildman–Crippen MR) is 139 cm³/mol. The second-order valence-electron chi connectivity index (χ2n) is 9.53. The van der Waals surface area contributed by atoms with Crippen LogP contribution in [0.5, 0.6) is 11.5 Å². The van der Waals surface area contributed by atoms with Crippen molar-refractivity contribution in [3.05, 3.63) is 71.9 Å². The standard InChI is InChI=1S/C26H28FN5O4S/c1-16-22(36-23-10-11-29-21-8-7-19(13-20(21)23)37(34,35)28-5)9-6-17(25(16)27)12-24(33)31-18-14-30-32(15-18)26(2,3)4/h6-11,13-15,28H,12H2,1-5H3,(H,31,33). The number of nitrogens with one attached hydrogen (secondary N) is 2. The molecule has 0 aliphatic rings. The van der Waals surface area contributed by atoms with E-state index in [1.165, 1.54) is 31.4 Å². The van der Waals surface area contributed by atoms with Gasteiger partial charge in [0.1, 0.15) is 17.3 Å². The van der Waals surface area contributed by atoms with E-state index in [0.717, 1.165) is 0 Å². The summed E-state index contributed by atoms with van der Waals surface area (Å²) in [5.74, 6) is -0.377. The van der Waals surface area contributed by atoms with E-state index in [1.54, 1.807) is 42.2 Å². The van der Waals surface area contributed by atoms with Crippen LogP contribution in [0.15, 0.2) is 59.9 Å². The normalized spacial score (nSPS) is 12.1.